The van der Waals surface area contributed by atoms with Crippen molar-refractivity contribution in [3.63, 3.8) is 0 Å². The molecule has 1 aromatic carbocycles. The summed E-state index contributed by atoms with van der Waals surface area (Å²) in [5.41, 5.74) is 6.71. The number of hydrogen-bond acceptors (Lipinski definition) is 4. The van der Waals surface area contributed by atoms with Gasteiger partial charge >= 0.3 is 0 Å². The Kier molecular flexibility index (Phi) is 6.86. The predicted molar refractivity (Wildman–Crippen MR) is 151 cm³/mol. The molecule has 1 unspecified atom stereocenters. The van der Waals surface area contributed by atoms with Crippen LogP contribution in [0.15, 0.2) is 43.0 Å². The Morgan fingerprint density at radius 3 is 2.51 bits per heavy atom. The summed E-state index contributed by atoms with van der Waals surface area (Å²) < 4.78 is 0.774. The van der Waals surface area contributed by atoms with E-state index < -0.39 is 0 Å². The van der Waals surface area contributed by atoms with Crippen molar-refractivity contribution < 1.29 is 9.28 Å². The molecule has 7 heteroatoms. The molecule has 1 N–H and O–H groups in total. The van der Waals surface area contributed by atoms with Crippen LogP contribution in [0.3, 0.4) is 0 Å². The third kappa shape index (κ3) is 4.90. The molecule has 4 heterocycles. The first-order chi connectivity index (χ1) is 17.7. The molecule has 7 nitrogen and oxygen atoms in total. The first-order valence-corrected chi connectivity index (χ1v) is 13.4. The molecule has 1 saturated heterocycles. The van der Waals surface area contributed by atoms with Gasteiger partial charge in [-0.3, -0.25) is 4.79 Å². The number of rotatable bonds is 6. The van der Waals surface area contributed by atoms with Crippen molar-refractivity contribution in [1.29, 1.82) is 0 Å². The smallest absolute Gasteiger partial charge is 0.272 e. The number of piperazine rings is 1. The fourth-order valence-corrected chi connectivity index (χ4v) is 5.92. The molecule has 0 radical (unpaired) electrons. The zero-order valence-corrected chi connectivity index (χ0v) is 23.0. The van der Waals surface area contributed by atoms with Crippen LogP contribution in [0, 0.1) is 6.92 Å². The highest BCUT2D eigenvalue weighted by molar-refractivity contribution is 6.01. The first-order valence-electron chi connectivity index (χ1n) is 13.4. The zero-order chi connectivity index (χ0) is 26.3. The molecule has 2 aliphatic heterocycles. The number of fused-ring (bicyclic) bond motifs is 2. The van der Waals surface area contributed by atoms with E-state index in [4.69, 9.17) is 4.98 Å². The summed E-state index contributed by atoms with van der Waals surface area (Å²) >= 11 is 0. The van der Waals surface area contributed by atoms with Gasteiger partial charge in [-0.15, -0.1) is 6.58 Å². The molecule has 2 aromatic heterocycles. The molecule has 37 heavy (non-hydrogen) atoms. The number of H-pyrrole nitrogens is 1. The van der Waals surface area contributed by atoms with Crippen LogP contribution in [0.25, 0.3) is 10.9 Å². The minimum Gasteiger partial charge on any atom is -0.355 e. The molecule has 196 valence electrons. The summed E-state index contributed by atoms with van der Waals surface area (Å²) in [5.74, 6) is 0.918. The molecular formula is C30H41N6O+. The fraction of sp³-hybridized carbons (Fsp3) is 0.467. The molecule has 1 amide bonds. The molecule has 5 rings (SSSR count). The van der Waals surface area contributed by atoms with Crippen molar-refractivity contribution in [2.45, 2.75) is 32.4 Å². The van der Waals surface area contributed by atoms with Crippen LogP contribution in [0.2, 0.25) is 0 Å². The number of amides is 1. The summed E-state index contributed by atoms with van der Waals surface area (Å²) in [6.45, 7) is 11.1. The van der Waals surface area contributed by atoms with E-state index in [9.17, 15) is 4.79 Å². The summed E-state index contributed by atoms with van der Waals surface area (Å²) in [7, 11) is 8.79. The van der Waals surface area contributed by atoms with Crippen LogP contribution >= 0.6 is 0 Å². The van der Waals surface area contributed by atoms with E-state index in [1.54, 1.807) is 0 Å². The van der Waals surface area contributed by atoms with E-state index in [-0.39, 0.29) is 11.9 Å². The predicted octanol–water partition coefficient (Wildman–Crippen LogP) is 4.15. The molecule has 1 fully saturated rings. The van der Waals surface area contributed by atoms with Gasteiger partial charge < -0.3 is 24.2 Å². The molecule has 2 aliphatic rings. The first kappa shape index (κ1) is 25.5. The van der Waals surface area contributed by atoms with Gasteiger partial charge in [0.05, 0.1) is 26.7 Å². The maximum atomic E-state index is 13.8. The monoisotopic (exact) mass is 501 g/mol. The van der Waals surface area contributed by atoms with Gasteiger partial charge in [0.2, 0.25) is 0 Å². The minimum atomic E-state index is 0.0315. The number of pyridine rings is 1. The number of anilines is 1. The highest BCUT2D eigenvalue weighted by atomic mass is 16.2. The average Bonchev–Trinajstić information content (AvgIpc) is 3.21. The van der Waals surface area contributed by atoms with Crippen molar-refractivity contribution >= 4 is 22.6 Å². The Labute approximate surface area is 221 Å². The maximum Gasteiger partial charge on any atom is 0.272 e. The van der Waals surface area contributed by atoms with Crippen LogP contribution < -0.4 is 4.90 Å². The number of aryl methyl sites for hydroxylation is 1. The molecular weight excluding hydrogens is 460 g/mol. The van der Waals surface area contributed by atoms with E-state index >= 15 is 0 Å². The van der Waals surface area contributed by atoms with Crippen molar-refractivity contribution in [3.05, 3.63) is 71.1 Å². The van der Waals surface area contributed by atoms with Gasteiger partial charge in [-0.2, -0.15) is 0 Å². The van der Waals surface area contributed by atoms with Crippen molar-refractivity contribution in [2.24, 2.45) is 0 Å². The summed E-state index contributed by atoms with van der Waals surface area (Å²) in [6, 6.07) is 10.9. The lowest BCUT2D eigenvalue weighted by Gasteiger charge is -2.34. The number of benzene rings is 1. The van der Waals surface area contributed by atoms with Gasteiger partial charge in [0.25, 0.3) is 5.91 Å². The number of quaternary nitrogens is 1. The quantitative estimate of drug-likeness (QED) is 0.407. The van der Waals surface area contributed by atoms with Gasteiger partial charge in [0, 0.05) is 62.3 Å². The number of carbonyl (C=O) groups is 1. The fourth-order valence-electron chi connectivity index (χ4n) is 5.92. The topological polar surface area (TPSA) is 55.5 Å². The molecule has 0 bridgehead atoms. The number of aromatic nitrogens is 2. The number of likely N-dealkylation sites (N-methyl/N-ethyl adjacent to an activating group) is 1. The lowest BCUT2D eigenvalue weighted by atomic mass is 9.97. The SMILES string of the molecule is C=CCC(c1c(C)[nH]c2c(N3CCc4ccccc4C3)nc(C(=O)N3CCN(C)CC3)cc12)[N+](C)(C)C. The van der Waals surface area contributed by atoms with Crippen LogP contribution in [0.5, 0.6) is 0 Å². The van der Waals surface area contributed by atoms with Gasteiger partial charge in [0.1, 0.15) is 11.7 Å². The Bertz CT molecular complexity index is 1310. The highest BCUT2D eigenvalue weighted by Crippen LogP contribution is 2.39. The van der Waals surface area contributed by atoms with Gasteiger partial charge in [0.15, 0.2) is 5.82 Å². The molecule has 3 aromatic rings. The maximum absolute atomic E-state index is 13.8. The summed E-state index contributed by atoms with van der Waals surface area (Å²) in [4.78, 5) is 29.1. The van der Waals surface area contributed by atoms with Gasteiger partial charge in [-0.05, 0) is 37.6 Å². The number of hydrogen-bond donors (Lipinski definition) is 1. The second-order valence-electron chi connectivity index (χ2n) is 11.6. The summed E-state index contributed by atoms with van der Waals surface area (Å²) in [5, 5.41) is 1.11. The van der Waals surface area contributed by atoms with Crippen LogP contribution in [-0.4, -0.2) is 91.1 Å². The molecule has 1 atom stereocenters. The number of aromatic amines is 1. The van der Waals surface area contributed by atoms with Gasteiger partial charge in [-0.1, -0.05) is 30.3 Å². The lowest BCUT2D eigenvalue weighted by molar-refractivity contribution is -0.901. The van der Waals surface area contributed by atoms with Crippen LogP contribution in [0.1, 0.15) is 45.3 Å². The largest absolute Gasteiger partial charge is 0.355 e. The average molecular weight is 502 g/mol. The van der Waals surface area contributed by atoms with E-state index in [1.807, 2.05) is 17.0 Å². The molecule has 0 aliphatic carbocycles. The third-order valence-electron chi connectivity index (χ3n) is 8.10. The second-order valence-corrected chi connectivity index (χ2v) is 11.6. The van der Waals surface area contributed by atoms with Crippen LogP contribution in [-0.2, 0) is 13.0 Å². The lowest BCUT2D eigenvalue weighted by Crippen LogP contribution is -2.47. The Balaban J connectivity index is 1.65. The standard InChI is InChI=1S/C30H40N6O/c1-7-10-26(36(4,5)6)27-21(2)31-28-24(27)19-25(30(37)34-17-15-33(3)16-18-34)32-29(28)35-14-13-22-11-8-9-12-23(22)20-35/h7-9,11-12,19,26H,1,10,13-18,20H2,2-6H3/p+1. The van der Waals surface area contributed by atoms with Crippen molar-refractivity contribution in [3.8, 4) is 0 Å². The Morgan fingerprint density at radius 1 is 1.14 bits per heavy atom. The van der Waals surface area contributed by atoms with Gasteiger partial charge in [-0.25, -0.2) is 4.98 Å². The van der Waals surface area contributed by atoms with E-state index in [2.05, 4.69) is 80.7 Å². The third-order valence-corrected chi connectivity index (χ3v) is 8.10. The minimum absolute atomic E-state index is 0.0315. The van der Waals surface area contributed by atoms with E-state index in [1.165, 1.54) is 16.7 Å². The van der Waals surface area contributed by atoms with Crippen molar-refractivity contribution in [1.82, 2.24) is 19.8 Å². The van der Waals surface area contributed by atoms with E-state index in [0.29, 0.717) is 5.69 Å². The number of nitrogens with one attached hydrogen (secondary N) is 1. The number of nitrogens with zero attached hydrogens (tertiary/aromatic N) is 5. The molecule has 0 saturated carbocycles. The Hall–Kier alpha value is -3.16. The van der Waals surface area contributed by atoms with Crippen LogP contribution in [0.4, 0.5) is 5.82 Å². The molecule has 0 spiro atoms. The second kappa shape index (κ2) is 9.95. The Morgan fingerprint density at radius 2 is 1.84 bits per heavy atom. The summed E-state index contributed by atoms with van der Waals surface area (Å²) in [6.07, 6.45) is 3.83. The number of carbonyl (C=O) groups excluding carboxylic acids is 1. The highest BCUT2D eigenvalue weighted by Gasteiger charge is 2.32. The zero-order valence-electron chi connectivity index (χ0n) is 23.0. The van der Waals surface area contributed by atoms with Crippen molar-refractivity contribution in [2.75, 3.05) is 65.8 Å². The van der Waals surface area contributed by atoms with E-state index in [0.717, 1.165) is 79.0 Å². The normalized spacial score (nSPS) is 17.6.